The Balaban J connectivity index is 1.41. The van der Waals surface area contributed by atoms with Gasteiger partial charge in [0.2, 0.25) is 11.8 Å². The second-order valence-corrected chi connectivity index (χ2v) is 9.92. The van der Waals surface area contributed by atoms with Crippen LogP contribution in [0.25, 0.3) is 10.9 Å². The molecule has 2 N–H and O–H groups in total. The van der Waals surface area contributed by atoms with E-state index in [0.717, 1.165) is 17.7 Å². The number of hydrogen-bond acceptors (Lipinski definition) is 9. The normalized spacial score (nSPS) is 14.8. The fourth-order valence-corrected chi connectivity index (χ4v) is 4.68. The van der Waals surface area contributed by atoms with Crippen LogP contribution in [0.1, 0.15) is 22.3 Å². The van der Waals surface area contributed by atoms with Crippen LogP contribution < -0.4 is 5.32 Å². The standard InChI is InChI=1S/C27H21Cl2N5O6/c28-21-7-6-17(10-22(21)29)30-27-31-23-19(24(35)32-27)11-18(34(38)39)12-20(23)25(36)33-9-8-16(13-33)26(37)40-14-15-4-2-1-3-5-15/h1-7,10-12,16H,8-9,13-14H2,(H2,30,31,32,35). The molecule has 1 aromatic heterocycles. The van der Waals surface area contributed by atoms with Gasteiger partial charge in [0.1, 0.15) is 6.61 Å². The fraction of sp³-hybridized carbons (Fsp3) is 0.185. The van der Waals surface area contributed by atoms with Crippen LogP contribution in [0.2, 0.25) is 10.0 Å². The average molecular weight is 582 g/mol. The molecule has 204 valence electrons. The van der Waals surface area contributed by atoms with E-state index in [1.165, 1.54) is 11.0 Å². The number of non-ortho nitro benzene ring substituents is 1. The predicted octanol–water partition coefficient (Wildman–Crippen LogP) is 5.50. The van der Waals surface area contributed by atoms with Gasteiger partial charge in [0, 0.05) is 30.9 Å². The number of anilines is 2. The maximum Gasteiger partial charge on any atom is 0.311 e. The molecule has 13 heteroatoms. The van der Waals surface area contributed by atoms with Crippen LogP contribution in [-0.4, -0.2) is 49.9 Å². The van der Waals surface area contributed by atoms with E-state index in [2.05, 4.69) is 15.3 Å². The van der Waals surface area contributed by atoms with Gasteiger partial charge in [-0.3, -0.25) is 19.7 Å². The summed E-state index contributed by atoms with van der Waals surface area (Å²) in [6, 6.07) is 16.1. The summed E-state index contributed by atoms with van der Waals surface area (Å²) < 4.78 is 5.42. The number of nitro groups is 1. The number of aromatic hydroxyl groups is 1. The third-order valence-corrected chi connectivity index (χ3v) is 7.15. The molecule has 0 spiro atoms. The summed E-state index contributed by atoms with van der Waals surface area (Å²) in [6.45, 7) is 0.423. The third-order valence-electron chi connectivity index (χ3n) is 6.41. The smallest absolute Gasteiger partial charge is 0.311 e. The minimum absolute atomic E-state index is 0.000708. The molecule has 1 saturated heterocycles. The molecule has 1 fully saturated rings. The third kappa shape index (κ3) is 5.75. The SMILES string of the molecule is O=C(OCc1ccccc1)C1CCN(C(=O)c2cc([N+](=O)[O-])cc3c(O)nc(Nc4ccc(Cl)c(Cl)c4)nc23)C1. The van der Waals surface area contributed by atoms with Crippen molar-refractivity contribution in [1.82, 2.24) is 14.9 Å². The Morgan fingerprint density at radius 2 is 1.88 bits per heavy atom. The molecule has 1 amide bonds. The highest BCUT2D eigenvalue weighted by Gasteiger charge is 2.34. The number of amides is 1. The lowest BCUT2D eigenvalue weighted by Gasteiger charge is -2.18. The molecular weight excluding hydrogens is 561 g/mol. The number of hydrogen-bond donors (Lipinski definition) is 2. The second kappa shape index (κ2) is 11.3. The van der Waals surface area contributed by atoms with Crippen LogP contribution in [-0.2, 0) is 16.1 Å². The van der Waals surface area contributed by atoms with E-state index in [-0.39, 0.29) is 47.1 Å². The summed E-state index contributed by atoms with van der Waals surface area (Å²) in [7, 11) is 0. The van der Waals surface area contributed by atoms with Crippen molar-refractivity contribution in [2.45, 2.75) is 13.0 Å². The minimum Gasteiger partial charge on any atom is -0.493 e. The molecule has 1 unspecified atom stereocenters. The minimum atomic E-state index is -0.675. The lowest BCUT2D eigenvalue weighted by atomic mass is 10.1. The zero-order valence-electron chi connectivity index (χ0n) is 20.7. The van der Waals surface area contributed by atoms with Crippen molar-refractivity contribution in [3.63, 3.8) is 0 Å². The number of carbonyl (C=O) groups excluding carboxylic acids is 2. The van der Waals surface area contributed by atoms with Gasteiger partial charge in [-0.2, -0.15) is 4.98 Å². The van der Waals surface area contributed by atoms with Gasteiger partial charge in [0.15, 0.2) is 0 Å². The molecule has 0 radical (unpaired) electrons. The van der Waals surface area contributed by atoms with Crippen LogP contribution in [0.15, 0.2) is 60.7 Å². The van der Waals surface area contributed by atoms with Gasteiger partial charge in [0.05, 0.1) is 37.4 Å². The molecule has 0 saturated carbocycles. The summed E-state index contributed by atoms with van der Waals surface area (Å²) in [6.07, 6.45) is 0.372. The number of fused-ring (bicyclic) bond motifs is 1. The summed E-state index contributed by atoms with van der Waals surface area (Å²) in [5.74, 6) is -2.20. The summed E-state index contributed by atoms with van der Waals surface area (Å²) in [4.78, 5) is 47.0. The first kappa shape index (κ1) is 27.1. The summed E-state index contributed by atoms with van der Waals surface area (Å²) >= 11 is 12.0. The largest absolute Gasteiger partial charge is 0.493 e. The first-order chi connectivity index (χ1) is 19.2. The first-order valence-electron chi connectivity index (χ1n) is 12.1. The highest BCUT2D eigenvalue weighted by atomic mass is 35.5. The maximum absolute atomic E-state index is 13.6. The van der Waals surface area contributed by atoms with E-state index in [1.54, 1.807) is 12.1 Å². The number of aromatic nitrogens is 2. The van der Waals surface area contributed by atoms with Crippen LogP contribution in [0, 0.1) is 16.0 Å². The highest BCUT2D eigenvalue weighted by molar-refractivity contribution is 6.42. The van der Waals surface area contributed by atoms with Crippen LogP contribution >= 0.6 is 23.2 Å². The molecule has 4 aromatic rings. The maximum atomic E-state index is 13.6. The van der Waals surface area contributed by atoms with Gasteiger partial charge in [0.25, 0.3) is 11.6 Å². The number of nitro benzene ring substituents is 1. The van der Waals surface area contributed by atoms with Gasteiger partial charge in [-0.15, -0.1) is 0 Å². The molecular formula is C27H21Cl2N5O6. The van der Waals surface area contributed by atoms with Gasteiger partial charge in [-0.05, 0) is 30.2 Å². The molecule has 0 aliphatic carbocycles. The number of nitrogens with one attached hydrogen (secondary N) is 1. The topological polar surface area (TPSA) is 148 Å². The Morgan fingerprint density at radius 3 is 2.60 bits per heavy atom. The molecule has 1 atom stereocenters. The van der Waals surface area contributed by atoms with E-state index < -0.39 is 34.3 Å². The Morgan fingerprint density at radius 1 is 1.10 bits per heavy atom. The molecule has 5 rings (SSSR count). The van der Waals surface area contributed by atoms with E-state index in [9.17, 15) is 24.8 Å². The van der Waals surface area contributed by atoms with E-state index in [1.807, 2.05) is 30.3 Å². The molecule has 3 aromatic carbocycles. The van der Waals surface area contributed by atoms with Crippen molar-refractivity contribution in [3.8, 4) is 5.88 Å². The Kier molecular flexibility index (Phi) is 7.67. The van der Waals surface area contributed by atoms with Gasteiger partial charge < -0.3 is 20.1 Å². The van der Waals surface area contributed by atoms with Crippen LogP contribution in [0.5, 0.6) is 5.88 Å². The van der Waals surface area contributed by atoms with Gasteiger partial charge in [-0.25, -0.2) is 4.98 Å². The van der Waals surface area contributed by atoms with Crippen molar-refractivity contribution >= 4 is 63.3 Å². The number of nitrogens with zero attached hydrogens (tertiary/aromatic N) is 4. The van der Waals surface area contributed by atoms with Crippen molar-refractivity contribution in [3.05, 3.63) is 92.0 Å². The van der Waals surface area contributed by atoms with E-state index >= 15 is 0 Å². The van der Waals surface area contributed by atoms with Crippen molar-refractivity contribution in [2.24, 2.45) is 5.92 Å². The zero-order chi connectivity index (χ0) is 28.4. The van der Waals surface area contributed by atoms with Crippen molar-refractivity contribution in [2.75, 3.05) is 18.4 Å². The number of likely N-dealkylation sites (tertiary alicyclic amines) is 1. The van der Waals surface area contributed by atoms with Gasteiger partial charge >= 0.3 is 5.97 Å². The summed E-state index contributed by atoms with van der Waals surface area (Å²) in [5.41, 5.74) is 0.769. The number of halogens is 2. The van der Waals surface area contributed by atoms with Gasteiger partial charge in [-0.1, -0.05) is 53.5 Å². The van der Waals surface area contributed by atoms with Crippen molar-refractivity contribution < 1.29 is 24.4 Å². The average Bonchev–Trinajstić information content (AvgIpc) is 3.44. The molecule has 40 heavy (non-hydrogen) atoms. The number of benzene rings is 3. The second-order valence-electron chi connectivity index (χ2n) is 9.10. The molecule has 2 heterocycles. The fourth-order valence-electron chi connectivity index (χ4n) is 4.38. The van der Waals surface area contributed by atoms with Crippen molar-refractivity contribution in [1.29, 1.82) is 0 Å². The first-order valence-corrected chi connectivity index (χ1v) is 12.9. The number of ether oxygens (including phenoxy) is 1. The Bertz CT molecular complexity index is 1640. The highest BCUT2D eigenvalue weighted by Crippen LogP contribution is 2.33. The van der Waals surface area contributed by atoms with Crippen LogP contribution in [0.4, 0.5) is 17.3 Å². The van der Waals surface area contributed by atoms with E-state index in [0.29, 0.717) is 17.1 Å². The lowest BCUT2D eigenvalue weighted by Crippen LogP contribution is -2.30. The Labute approximate surface area is 237 Å². The molecule has 11 nitrogen and oxygen atoms in total. The number of rotatable bonds is 7. The zero-order valence-corrected chi connectivity index (χ0v) is 22.2. The molecule has 1 aliphatic heterocycles. The lowest BCUT2D eigenvalue weighted by molar-refractivity contribution is -0.384. The molecule has 1 aliphatic rings. The monoisotopic (exact) mass is 581 g/mol. The predicted molar refractivity (Wildman–Crippen MR) is 148 cm³/mol. The molecule has 0 bridgehead atoms. The quantitative estimate of drug-likeness (QED) is 0.164. The Hall–Kier alpha value is -4.48. The van der Waals surface area contributed by atoms with Crippen LogP contribution in [0.3, 0.4) is 0 Å². The van der Waals surface area contributed by atoms with E-state index in [4.69, 9.17) is 27.9 Å². The number of carbonyl (C=O) groups is 2. The summed E-state index contributed by atoms with van der Waals surface area (Å²) in [5, 5.41) is 25.7. The number of esters is 1.